The maximum absolute atomic E-state index is 14.6. The van der Waals surface area contributed by atoms with E-state index in [2.05, 4.69) is 34.6 Å². The normalized spacial score (nSPS) is 22.5. The predicted octanol–water partition coefficient (Wildman–Crippen LogP) is 19.4. The molecule has 9 atom stereocenters. The van der Waals surface area contributed by atoms with Gasteiger partial charge in [-0.1, -0.05) is 132 Å². The van der Waals surface area contributed by atoms with Gasteiger partial charge < -0.3 is 18.9 Å². The van der Waals surface area contributed by atoms with Crippen LogP contribution in [0.5, 0.6) is 11.5 Å². The fourth-order valence-electron chi connectivity index (χ4n) is 16.4. The Balaban J connectivity index is 0.995. The van der Waals surface area contributed by atoms with E-state index in [0.29, 0.717) is 68.5 Å². The molecule has 0 spiro atoms. The van der Waals surface area contributed by atoms with Crippen LogP contribution >= 0.6 is 23.2 Å². The van der Waals surface area contributed by atoms with E-state index < -0.39 is 31.6 Å². The molecule has 490 valence electrons. The van der Waals surface area contributed by atoms with Crippen molar-refractivity contribution in [2.45, 2.75) is 151 Å². The van der Waals surface area contributed by atoms with E-state index >= 15 is 0 Å². The van der Waals surface area contributed by atoms with Crippen LogP contribution in [-0.2, 0) is 35.9 Å². The number of fused-ring (bicyclic) bond motifs is 5. The van der Waals surface area contributed by atoms with Gasteiger partial charge >= 0.3 is 11.9 Å². The van der Waals surface area contributed by atoms with Crippen molar-refractivity contribution in [3.63, 3.8) is 0 Å². The number of benzene rings is 6. The van der Waals surface area contributed by atoms with Crippen LogP contribution in [0.25, 0.3) is 5.57 Å². The van der Waals surface area contributed by atoms with Crippen LogP contribution in [0.3, 0.4) is 0 Å². The number of nitro benzene ring substituents is 4. The lowest BCUT2D eigenvalue weighted by atomic mass is 9.44. The molecule has 4 aliphatic carbocycles. The highest BCUT2D eigenvalue weighted by Gasteiger charge is 2.60. The highest BCUT2D eigenvalue weighted by atomic mass is 35.5. The van der Waals surface area contributed by atoms with Gasteiger partial charge in [-0.25, -0.2) is 9.59 Å². The largest absolute Gasteiger partial charge is 0.486 e. The molecule has 0 saturated heterocycles. The topological polar surface area (TPSA) is 244 Å². The molecule has 4 fully saturated rings. The number of rotatable bonds is 26. The second kappa shape index (κ2) is 29.4. The summed E-state index contributed by atoms with van der Waals surface area (Å²) in [7, 11) is 0. The molecule has 93 heavy (non-hydrogen) atoms. The summed E-state index contributed by atoms with van der Waals surface area (Å²) in [6.45, 7) is 11.2. The molecular weight excluding hydrogens is 1230 g/mol. The number of nitrogens with zero attached hydrogens (tertiary/aromatic N) is 4. The van der Waals surface area contributed by atoms with Crippen LogP contribution in [0.1, 0.15) is 179 Å². The van der Waals surface area contributed by atoms with Crippen LogP contribution in [0, 0.1) is 98.6 Å². The summed E-state index contributed by atoms with van der Waals surface area (Å²) >= 11 is 14.5. The fraction of sp³-hybridized carbons (Fsp3) is 0.452. The molecule has 6 aromatic rings. The molecule has 20 heteroatoms. The molecule has 0 N–H and O–H groups in total. The lowest BCUT2D eigenvalue weighted by Gasteiger charge is -2.61. The number of hydrogen-bond acceptors (Lipinski definition) is 14. The van der Waals surface area contributed by atoms with Crippen LogP contribution in [0.15, 0.2) is 127 Å². The van der Waals surface area contributed by atoms with Crippen LogP contribution in [-0.4, -0.2) is 31.6 Å². The van der Waals surface area contributed by atoms with Gasteiger partial charge in [0.2, 0.25) is 0 Å². The lowest BCUT2D eigenvalue weighted by molar-refractivity contribution is -0.385. The zero-order chi connectivity index (χ0) is 66.3. The Labute approximate surface area is 552 Å². The van der Waals surface area contributed by atoms with Crippen LogP contribution < -0.4 is 9.47 Å². The summed E-state index contributed by atoms with van der Waals surface area (Å²) in [5.74, 6) is 3.43. The van der Waals surface area contributed by atoms with E-state index in [1.54, 1.807) is 36.4 Å². The Morgan fingerprint density at radius 1 is 0.559 bits per heavy atom. The minimum atomic E-state index is -0.922. The molecule has 18 nitrogen and oxygen atoms in total. The summed E-state index contributed by atoms with van der Waals surface area (Å²) in [5, 5.41) is 46.9. The number of hydrogen-bond donors (Lipinski definition) is 0. The standard InChI is InChI=1S/C73H80Cl2N4O14/c1-45(2)12-6-13-46(3)63-26-27-64-60-25-24-54-32-47(28-30-72(54,4)65(60)29-31-73(63,64)5)14-11-23-59(52-37-61(70(80)92-43-50-17-9-21-57(35-50)78(86)87)68(66(74)39-52)90-41-48-15-7-19-55(33-48)76(82)83)53-38-62(71(81)93-44-51-18-10-22-58(36-51)79(88)89)69(67(75)40-53)91-42-49-16-8-20-56(34-49)77(84)85/h7-10,15-23,33-40,45-47,54,60,63-65H,6,11-14,24-32,41-44H2,1-5H3/t46-,47?,54?,60+,63-,64+,65+,72+,73-/m1/s1. The van der Waals surface area contributed by atoms with Gasteiger partial charge in [0.15, 0.2) is 11.5 Å². The first-order valence-corrected chi connectivity index (χ1v) is 33.2. The number of carbonyl (C=O) groups is 2. The zero-order valence-corrected chi connectivity index (χ0v) is 54.7. The van der Waals surface area contributed by atoms with Gasteiger partial charge in [0.25, 0.3) is 22.7 Å². The number of nitro groups is 4. The molecule has 6 aromatic carbocycles. The van der Waals surface area contributed by atoms with Crippen LogP contribution in [0.4, 0.5) is 22.7 Å². The molecule has 0 heterocycles. The highest BCUT2D eigenvalue weighted by Crippen LogP contribution is 2.69. The summed E-state index contributed by atoms with van der Waals surface area (Å²) < 4.78 is 24.3. The summed E-state index contributed by atoms with van der Waals surface area (Å²) in [6, 6.07) is 29.1. The van der Waals surface area contributed by atoms with E-state index in [1.165, 1.54) is 143 Å². The third kappa shape index (κ3) is 15.6. The lowest BCUT2D eigenvalue weighted by Crippen LogP contribution is -2.53. The average molecular weight is 1310 g/mol. The number of ether oxygens (including phenoxy) is 4. The SMILES string of the molecule is CC(C)CCC[C@@H](C)[C@H]1CC[C@H]2[C@@H]3CCC4CC(CCC=C(c5cc(Cl)c(OCc6cccc([N+](=O)[O-])c6)c(C(=O)OCc6cccc([N+](=O)[O-])c6)c5)c5cc(Cl)c(OCc6cccc([N+](=O)[O-])c6)c(C(=O)OCc6cccc([N+](=O)[O-])c6)c5)CC[C@]4(C)[C@H]3CC[C@]12C. The number of halogens is 2. The van der Waals surface area contributed by atoms with E-state index in [1.807, 2.05) is 6.08 Å². The Kier molecular flexibility index (Phi) is 21.4. The highest BCUT2D eigenvalue weighted by molar-refractivity contribution is 6.33. The molecular formula is C73H80Cl2N4O14. The van der Waals surface area contributed by atoms with Crippen LogP contribution in [0.2, 0.25) is 10.0 Å². The van der Waals surface area contributed by atoms with Gasteiger partial charge in [-0.3, -0.25) is 40.5 Å². The molecule has 2 unspecified atom stereocenters. The summed E-state index contributed by atoms with van der Waals surface area (Å²) in [6.07, 6.45) is 18.5. The second-order valence-electron chi connectivity index (χ2n) is 27.1. The predicted molar refractivity (Wildman–Crippen MR) is 355 cm³/mol. The van der Waals surface area contributed by atoms with Crippen molar-refractivity contribution < 1.29 is 48.2 Å². The smallest absolute Gasteiger partial charge is 0.342 e. The van der Waals surface area contributed by atoms with Crippen molar-refractivity contribution in [3.05, 3.63) is 222 Å². The van der Waals surface area contributed by atoms with Crippen molar-refractivity contribution in [1.29, 1.82) is 0 Å². The monoisotopic (exact) mass is 1310 g/mol. The van der Waals surface area contributed by atoms with E-state index in [-0.39, 0.29) is 87.3 Å². The van der Waals surface area contributed by atoms with E-state index in [9.17, 15) is 50.0 Å². The molecule has 10 rings (SSSR count). The minimum absolute atomic E-state index is 0.0554. The molecule has 0 aromatic heterocycles. The second-order valence-corrected chi connectivity index (χ2v) is 27.9. The van der Waals surface area contributed by atoms with Crippen molar-refractivity contribution >= 4 is 63.5 Å². The van der Waals surface area contributed by atoms with Gasteiger partial charge in [0, 0.05) is 48.5 Å². The van der Waals surface area contributed by atoms with Crippen molar-refractivity contribution in [2.24, 2.45) is 58.2 Å². The fourth-order valence-corrected chi connectivity index (χ4v) is 16.9. The molecule has 0 amide bonds. The maximum Gasteiger partial charge on any atom is 0.342 e. The van der Waals surface area contributed by atoms with Gasteiger partial charge in [0.05, 0.1) is 29.7 Å². The first-order chi connectivity index (χ1) is 44.5. The molecule has 0 aliphatic heterocycles. The first-order valence-electron chi connectivity index (χ1n) is 32.4. The first kappa shape index (κ1) is 67.7. The number of esters is 2. The third-order valence-electron chi connectivity index (χ3n) is 21.0. The Hall–Kier alpha value is -8.22. The number of non-ortho nitro benzene ring substituents is 4. The Morgan fingerprint density at radius 2 is 1.01 bits per heavy atom. The van der Waals surface area contributed by atoms with Gasteiger partial charge in [0.1, 0.15) is 37.6 Å². The maximum atomic E-state index is 14.6. The van der Waals surface area contributed by atoms with Gasteiger partial charge in [-0.15, -0.1) is 0 Å². The molecule has 0 bridgehead atoms. The van der Waals surface area contributed by atoms with Gasteiger partial charge in [-0.05, 0) is 192 Å². The average Bonchev–Trinajstić information content (AvgIpc) is 1.70. The van der Waals surface area contributed by atoms with E-state index in [0.717, 1.165) is 55.3 Å². The number of carbonyl (C=O) groups excluding carboxylic acids is 2. The quantitative estimate of drug-likeness (QED) is 0.0279. The molecule has 4 aliphatic rings. The van der Waals surface area contributed by atoms with Crippen molar-refractivity contribution in [1.82, 2.24) is 0 Å². The summed E-state index contributed by atoms with van der Waals surface area (Å²) in [5.41, 5.74) is 2.19. The molecule has 0 radical (unpaired) electrons. The van der Waals surface area contributed by atoms with Gasteiger partial charge in [-0.2, -0.15) is 0 Å². The van der Waals surface area contributed by atoms with Crippen molar-refractivity contribution in [3.8, 4) is 11.5 Å². The zero-order valence-electron chi connectivity index (χ0n) is 53.2. The third-order valence-corrected chi connectivity index (χ3v) is 21.6. The molecule has 4 saturated carbocycles. The van der Waals surface area contributed by atoms with E-state index in [4.69, 9.17) is 42.1 Å². The Morgan fingerprint density at radius 3 is 1.47 bits per heavy atom. The Bertz CT molecular complexity index is 3650. The minimum Gasteiger partial charge on any atom is -0.486 e. The van der Waals surface area contributed by atoms with Crippen molar-refractivity contribution in [2.75, 3.05) is 0 Å². The number of allylic oxidation sites excluding steroid dienone is 1. The summed E-state index contributed by atoms with van der Waals surface area (Å²) in [4.78, 5) is 74.1.